The molecule has 1 N–H and O–H groups in total. The predicted molar refractivity (Wildman–Crippen MR) is 84.7 cm³/mol. The largest absolute Gasteiger partial charge is 0.343 e. The predicted octanol–water partition coefficient (Wildman–Crippen LogP) is 2.76. The maximum absolute atomic E-state index is 12.9. The van der Waals surface area contributed by atoms with Gasteiger partial charge in [0.05, 0.1) is 5.41 Å². The Morgan fingerprint density at radius 2 is 2.26 bits per heavy atom. The quantitative estimate of drug-likeness (QED) is 0.781. The van der Waals surface area contributed by atoms with Crippen molar-refractivity contribution in [2.45, 2.75) is 52.0 Å². The number of nitrogens with one attached hydrogen (secondary N) is 1. The first-order valence-corrected chi connectivity index (χ1v) is 8.93. The van der Waals surface area contributed by atoms with E-state index in [1.165, 1.54) is 0 Å². The first kappa shape index (κ1) is 16.8. The van der Waals surface area contributed by atoms with E-state index in [1.807, 2.05) is 23.7 Å². The third-order valence-corrected chi connectivity index (χ3v) is 5.02. The molecule has 0 aliphatic carbocycles. The van der Waals surface area contributed by atoms with Crippen LogP contribution >= 0.6 is 11.8 Å². The highest BCUT2D eigenvalue weighted by Gasteiger charge is 2.41. The van der Waals surface area contributed by atoms with E-state index < -0.39 is 0 Å². The molecule has 1 saturated heterocycles. The Kier molecular flexibility index (Phi) is 7.22. The van der Waals surface area contributed by atoms with E-state index >= 15 is 0 Å². The normalized spacial score (nSPS) is 25.1. The molecule has 3 nitrogen and oxygen atoms in total. The maximum Gasteiger partial charge on any atom is 0.230 e. The number of rotatable bonds is 7. The number of amides is 1. The summed E-state index contributed by atoms with van der Waals surface area (Å²) in [5.74, 6) is 1.48. The van der Waals surface area contributed by atoms with Crippen molar-refractivity contribution in [3.05, 3.63) is 0 Å². The molecule has 1 fully saturated rings. The Morgan fingerprint density at radius 3 is 2.79 bits per heavy atom. The summed E-state index contributed by atoms with van der Waals surface area (Å²) < 4.78 is 0. The molecule has 112 valence electrons. The molecular weight excluding hydrogens is 256 g/mol. The molecule has 2 atom stereocenters. The molecule has 1 amide bonds. The van der Waals surface area contributed by atoms with Crippen LogP contribution in [-0.2, 0) is 4.79 Å². The van der Waals surface area contributed by atoms with Gasteiger partial charge in [0.1, 0.15) is 0 Å². The van der Waals surface area contributed by atoms with E-state index in [0.717, 1.165) is 50.9 Å². The SMILES string of the molecule is CCCC1(C(=O)N(C)C(C)CCSC)CCCNC1. The van der Waals surface area contributed by atoms with E-state index in [4.69, 9.17) is 0 Å². The summed E-state index contributed by atoms with van der Waals surface area (Å²) in [6, 6.07) is 0.343. The lowest BCUT2D eigenvalue weighted by molar-refractivity contribution is -0.144. The first-order valence-electron chi connectivity index (χ1n) is 7.54. The molecule has 1 aliphatic rings. The Bertz CT molecular complexity index is 272. The Balaban J connectivity index is 2.69. The molecule has 0 saturated carbocycles. The molecule has 1 rings (SSSR count). The fourth-order valence-electron chi connectivity index (χ4n) is 3.01. The summed E-state index contributed by atoms with van der Waals surface area (Å²) in [6.45, 7) is 6.27. The number of nitrogens with zero attached hydrogens (tertiary/aromatic N) is 1. The lowest BCUT2D eigenvalue weighted by atomic mass is 9.75. The average Bonchev–Trinajstić information content (AvgIpc) is 2.44. The van der Waals surface area contributed by atoms with Crippen LogP contribution in [0, 0.1) is 5.41 Å². The van der Waals surface area contributed by atoms with Gasteiger partial charge in [-0.2, -0.15) is 11.8 Å². The van der Waals surface area contributed by atoms with Gasteiger partial charge in [-0.05, 0) is 51.2 Å². The number of thioether (sulfide) groups is 1. The van der Waals surface area contributed by atoms with Crippen molar-refractivity contribution in [2.75, 3.05) is 32.1 Å². The fraction of sp³-hybridized carbons (Fsp3) is 0.933. The Labute approximate surface area is 122 Å². The Hall–Kier alpha value is -0.220. The molecule has 0 aromatic rings. The summed E-state index contributed by atoms with van der Waals surface area (Å²) in [5, 5.41) is 3.43. The van der Waals surface area contributed by atoms with Crippen molar-refractivity contribution >= 4 is 17.7 Å². The van der Waals surface area contributed by atoms with E-state index in [-0.39, 0.29) is 5.41 Å². The minimum absolute atomic E-state index is 0.143. The minimum atomic E-state index is -0.143. The van der Waals surface area contributed by atoms with E-state index in [1.54, 1.807) is 0 Å². The molecule has 0 radical (unpaired) electrons. The van der Waals surface area contributed by atoms with E-state index in [0.29, 0.717) is 11.9 Å². The van der Waals surface area contributed by atoms with Gasteiger partial charge in [-0.25, -0.2) is 0 Å². The van der Waals surface area contributed by atoms with Crippen LogP contribution in [0.2, 0.25) is 0 Å². The lowest BCUT2D eigenvalue weighted by Gasteiger charge is -2.40. The van der Waals surface area contributed by atoms with E-state index in [9.17, 15) is 4.79 Å². The summed E-state index contributed by atoms with van der Waals surface area (Å²) in [7, 11) is 1.99. The zero-order chi connectivity index (χ0) is 14.3. The molecule has 0 bridgehead atoms. The molecule has 0 spiro atoms. The second-order valence-corrected chi connectivity index (χ2v) is 6.84. The van der Waals surface area contributed by atoms with Crippen molar-refractivity contribution in [3.8, 4) is 0 Å². The van der Waals surface area contributed by atoms with Gasteiger partial charge in [-0.3, -0.25) is 4.79 Å². The van der Waals surface area contributed by atoms with Crippen LogP contribution < -0.4 is 5.32 Å². The molecule has 4 heteroatoms. The summed E-state index contributed by atoms with van der Waals surface area (Å²) in [4.78, 5) is 14.9. The van der Waals surface area contributed by atoms with Crippen LogP contribution in [0.4, 0.5) is 0 Å². The van der Waals surface area contributed by atoms with Gasteiger partial charge in [0.25, 0.3) is 0 Å². The maximum atomic E-state index is 12.9. The smallest absolute Gasteiger partial charge is 0.230 e. The average molecular weight is 286 g/mol. The zero-order valence-electron chi connectivity index (χ0n) is 13.0. The van der Waals surface area contributed by atoms with Crippen LogP contribution in [0.15, 0.2) is 0 Å². The van der Waals surface area contributed by atoms with Crippen LogP contribution in [0.25, 0.3) is 0 Å². The zero-order valence-corrected chi connectivity index (χ0v) is 13.8. The summed E-state index contributed by atoms with van der Waals surface area (Å²) >= 11 is 1.85. The number of hydrogen-bond acceptors (Lipinski definition) is 3. The molecular formula is C15H30N2OS. The van der Waals surface area contributed by atoms with E-state index in [2.05, 4.69) is 25.4 Å². The third-order valence-electron chi connectivity index (χ3n) is 4.38. The molecule has 1 heterocycles. The van der Waals surface area contributed by atoms with Gasteiger partial charge in [0.2, 0.25) is 5.91 Å². The van der Waals surface area contributed by atoms with Crippen LogP contribution in [-0.4, -0.2) is 49.0 Å². The Morgan fingerprint density at radius 1 is 1.53 bits per heavy atom. The number of carbonyl (C=O) groups is 1. The van der Waals surface area contributed by atoms with Gasteiger partial charge < -0.3 is 10.2 Å². The molecule has 2 unspecified atom stereocenters. The molecule has 1 aliphatic heterocycles. The molecule has 0 aromatic carbocycles. The number of hydrogen-bond donors (Lipinski definition) is 1. The third kappa shape index (κ3) is 4.38. The topological polar surface area (TPSA) is 32.3 Å². The second-order valence-electron chi connectivity index (χ2n) is 5.86. The van der Waals surface area contributed by atoms with Crippen molar-refractivity contribution in [2.24, 2.45) is 5.41 Å². The minimum Gasteiger partial charge on any atom is -0.343 e. The highest BCUT2D eigenvalue weighted by molar-refractivity contribution is 7.98. The van der Waals surface area contributed by atoms with Crippen molar-refractivity contribution in [3.63, 3.8) is 0 Å². The van der Waals surface area contributed by atoms with Gasteiger partial charge in [-0.1, -0.05) is 13.3 Å². The van der Waals surface area contributed by atoms with Crippen molar-refractivity contribution < 1.29 is 4.79 Å². The van der Waals surface area contributed by atoms with Crippen LogP contribution in [0.1, 0.15) is 46.0 Å². The van der Waals surface area contributed by atoms with Gasteiger partial charge in [0, 0.05) is 19.6 Å². The number of piperidine rings is 1. The van der Waals surface area contributed by atoms with Crippen LogP contribution in [0.5, 0.6) is 0 Å². The monoisotopic (exact) mass is 286 g/mol. The molecule has 19 heavy (non-hydrogen) atoms. The fourth-order valence-corrected chi connectivity index (χ4v) is 3.58. The summed E-state index contributed by atoms with van der Waals surface area (Å²) in [6.07, 6.45) is 7.47. The van der Waals surface area contributed by atoms with Gasteiger partial charge in [-0.15, -0.1) is 0 Å². The van der Waals surface area contributed by atoms with Gasteiger partial charge in [0.15, 0.2) is 0 Å². The standard InChI is InChI=1S/C15H30N2OS/c1-5-8-15(9-6-10-16-12-15)14(18)17(3)13(2)7-11-19-4/h13,16H,5-12H2,1-4H3. The second kappa shape index (κ2) is 8.15. The lowest BCUT2D eigenvalue weighted by Crippen LogP contribution is -2.52. The van der Waals surface area contributed by atoms with Gasteiger partial charge >= 0.3 is 0 Å². The van der Waals surface area contributed by atoms with Crippen molar-refractivity contribution in [1.82, 2.24) is 10.2 Å². The number of carbonyl (C=O) groups excluding carboxylic acids is 1. The first-order chi connectivity index (χ1) is 9.07. The van der Waals surface area contributed by atoms with Crippen molar-refractivity contribution in [1.29, 1.82) is 0 Å². The molecule has 0 aromatic heterocycles. The highest BCUT2D eigenvalue weighted by atomic mass is 32.2. The highest BCUT2D eigenvalue weighted by Crippen LogP contribution is 2.34. The van der Waals surface area contributed by atoms with Crippen LogP contribution in [0.3, 0.4) is 0 Å². The summed E-state index contributed by atoms with van der Waals surface area (Å²) in [5.41, 5.74) is -0.143.